The van der Waals surface area contributed by atoms with Crippen molar-refractivity contribution in [2.45, 2.75) is 57.0 Å². The molecular formula is C26H31N2O2P. The summed E-state index contributed by atoms with van der Waals surface area (Å²) < 4.78 is 0. The highest BCUT2D eigenvalue weighted by Gasteiger charge is 2.60. The zero-order valence-corrected chi connectivity index (χ0v) is 19.0. The van der Waals surface area contributed by atoms with Crippen LogP contribution in [0.25, 0.3) is 0 Å². The van der Waals surface area contributed by atoms with Gasteiger partial charge in [-0.1, -0.05) is 49.7 Å². The van der Waals surface area contributed by atoms with Gasteiger partial charge < -0.3 is 10.2 Å². The van der Waals surface area contributed by atoms with E-state index in [4.69, 9.17) is 0 Å². The molecule has 0 saturated heterocycles. The highest BCUT2D eigenvalue weighted by atomic mass is 31.1. The first-order valence-corrected chi connectivity index (χ1v) is 12.9. The third-order valence-electron chi connectivity index (χ3n) is 7.87. The number of rotatable bonds is 6. The zero-order chi connectivity index (χ0) is 21.5. The van der Waals surface area contributed by atoms with Gasteiger partial charge in [-0.15, -0.1) is 0 Å². The fraction of sp³-hybridized carbons (Fsp3) is 0.462. The van der Waals surface area contributed by atoms with Crippen LogP contribution in [-0.2, 0) is 0 Å². The van der Waals surface area contributed by atoms with Crippen LogP contribution in [0.1, 0.15) is 72.6 Å². The topological polar surface area (TPSA) is 58.2 Å². The minimum atomic E-state index is -1.20. The molecule has 0 aromatic heterocycles. The molecule has 4 aliphatic carbocycles. The van der Waals surface area contributed by atoms with Crippen molar-refractivity contribution in [1.82, 2.24) is 10.2 Å². The van der Waals surface area contributed by atoms with Gasteiger partial charge >= 0.3 is 0 Å². The first-order valence-electron chi connectivity index (χ1n) is 11.5. The van der Waals surface area contributed by atoms with Crippen LogP contribution < -0.4 is 10.2 Å². The maximum atomic E-state index is 13.2. The number of hydrogen-bond acceptors (Lipinski definition) is 2. The van der Waals surface area contributed by atoms with E-state index in [1.54, 1.807) is 0 Å². The van der Waals surface area contributed by atoms with Crippen molar-refractivity contribution >= 4 is 20.0 Å². The average Bonchev–Trinajstić information content (AvgIpc) is 2.79. The minimum Gasteiger partial charge on any atom is -0.314 e. The van der Waals surface area contributed by atoms with Gasteiger partial charge in [-0.25, -0.2) is 0 Å². The van der Waals surface area contributed by atoms with Gasteiger partial charge in [0, 0.05) is 16.3 Å². The summed E-state index contributed by atoms with van der Waals surface area (Å²) >= 11 is 0. The molecule has 2 aromatic rings. The van der Waals surface area contributed by atoms with Crippen LogP contribution in [0.5, 0.6) is 0 Å². The van der Waals surface area contributed by atoms with Crippen molar-refractivity contribution < 1.29 is 9.59 Å². The van der Waals surface area contributed by atoms with Gasteiger partial charge in [0.25, 0.3) is 11.8 Å². The summed E-state index contributed by atoms with van der Waals surface area (Å²) in [6.07, 6.45) is 8.55. The van der Waals surface area contributed by atoms with Gasteiger partial charge in [0.1, 0.15) is 8.22 Å². The van der Waals surface area contributed by atoms with E-state index in [1.807, 2.05) is 60.7 Å². The van der Waals surface area contributed by atoms with Crippen LogP contribution in [0.3, 0.4) is 0 Å². The number of carbonyl (C=O) groups excluding carboxylic acids is 2. The lowest BCUT2D eigenvalue weighted by Crippen LogP contribution is -2.57. The molecule has 6 rings (SSSR count). The maximum Gasteiger partial charge on any atom is 0.255 e. The van der Waals surface area contributed by atoms with E-state index in [9.17, 15) is 9.59 Å². The van der Waals surface area contributed by atoms with E-state index >= 15 is 0 Å². The Hall–Kier alpha value is -2.19. The summed E-state index contributed by atoms with van der Waals surface area (Å²) in [7, 11) is -1.20. The maximum absolute atomic E-state index is 13.2. The summed E-state index contributed by atoms with van der Waals surface area (Å²) in [5.41, 5.74) is 1.69. The lowest BCUT2D eigenvalue weighted by molar-refractivity contribution is -0.0421. The number of carbonyl (C=O) groups is 2. The molecule has 0 aliphatic heterocycles. The Labute approximate surface area is 186 Å². The number of nitrogens with one attached hydrogen (secondary N) is 2. The Morgan fingerprint density at radius 2 is 1.32 bits per heavy atom. The second kappa shape index (κ2) is 8.06. The molecule has 4 bridgehead atoms. The van der Waals surface area contributed by atoms with Gasteiger partial charge in [0.2, 0.25) is 0 Å². The van der Waals surface area contributed by atoms with E-state index < -0.39 is 8.22 Å². The Kier molecular flexibility index (Phi) is 5.38. The van der Waals surface area contributed by atoms with Crippen molar-refractivity contribution in [2.24, 2.45) is 17.3 Å². The lowest BCUT2D eigenvalue weighted by Gasteiger charge is -2.63. The summed E-state index contributed by atoms with van der Waals surface area (Å²) in [5.74, 6) is 1.30. The Balaban J connectivity index is 1.46. The van der Waals surface area contributed by atoms with E-state index in [1.165, 1.54) is 25.7 Å². The number of benzene rings is 2. The van der Waals surface area contributed by atoms with Crippen molar-refractivity contribution in [3.63, 3.8) is 0 Å². The first kappa shape index (κ1) is 20.7. The highest BCUT2D eigenvalue weighted by molar-refractivity contribution is 7.56. The molecule has 2 amide bonds. The standard InChI is InChI=1S/C26H31N2O2P/c1-2-25-14-19-13-20(15-25)17-26(16-19,18-25)31(27-23(29)21-9-5-3-6-10-21)28-24(30)22-11-7-4-8-12-22/h3-12,19-20H,2,13-18H2,1H3,(H,27,29)(H,28,30). The molecule has 5 heteroatoms. The summed E-state index contributed by atoms with van der Waals surface area (Å²) in [6, 6.07) is 18.7. The molecule has 4 fully saturated rings. The SMILES string of the molecule is CCC12CC3CC(C1)CC(P(NC(=O)c1ccccc1)NC(=O)c1ccccc1)(C3)C2. The van der Waals surface area contributed by atoms with Crippen LogP contribution in [-0.4, -0.2) is 17.0 Å². The van der Waals surface area contributed by atoms with Crippen LogP contribution in [0.4, 0.5) is 0 Å². The van der Waals surface area contributed by atoms with E-state index in [2.05, 4.69) is 17.1 Å². The van der Waals surface area contributed by atoms with E-state index in [0.29, 0.717) is 16.5 Å². The summed E-state index contributed by atoms with van der Waals surface area (Å²) in [4.78, 5) is 26.3. The molecule has 2 atom stereocenters. The Morgan fingerprint density at radius 3 is 1.77 bits per heavy atom. The highest BCUT2D eigenvalue weighted by Crippen LogP contribution is 2.70. The normalized spacial score (nSPS) is 30.9. The van der Waals surface area contributed by atoms with E-state index in [0.717, 1.165) is 31.1 Å². The second-order valence-corrected chi connectivity index (χ2v) is 12.1. The summed E-state index contributed by atoms with van der Waals surface area (Å²) in [5, 5.41) is 6.66. The Bertz CT molecular complexity index is 894. The third kappa shape index (κ3) is 3.91. The molecule has 0 radical (unpaired) electrons. The smallest absolute Gasteiger partial charge is 0.255 e. The third-order valence-corrected chi connectivity index (χ3v) is 10.2. The van der Waals surface area contributed by atoms with Gasteiger partial charge in [-0.3, -0.25) is 9.59 Å². The van der Waals surface area contributed by atoms with Crippen molar-refractivity contribution in [3.05, 3.63) is 71.8 Å². The lowest BCUT2D eigenvalue weighted by atomic mass is 9.48. The molecule has 2 aromatic carbocycles. The van der Waals surface area contributed by atoms with Crippen molar-refractivity contribution in [2.75, 3.05) is 0 Å². The molecule has 0 heterocycles. The quantitative estimate of drug-likeness (QED) is 0.556. The monoisotopic (exact) mass is 434 g/mol. The molecule has 2 N–H and O–H groups in total. The molecule has 4 nitrogen and oxygen atoms in total. The largest absolute Gasteiger partial charge is 0.314 e. The van der Waals surface area contributed by atoms with Gasteiger partial charge in [0.05, 0.1) is 0 Å². The molecule has 2 unspecified atom stereocenters. The summed E-state index contributed by atoms with van der Waals surface area (Å²) in [6.45, 7) is 2.33. The molecule has 4 aliphatic rings. The number of hydrogen-bond donors (Lipinski definition) is 2. The van der Waals surface area contributed by atoms with Gasteiger partial charge in [0.15, 0.2) is 0 Å². The van der Waals surface area contributed by atoms with Gasteiger partial charge in [-0.05, 0) is 80.0 Å². The molecule has 4 saturated carbocycles. The van der Waals surface area contributed by atoms with Crippen LogP contribution in [0.2, 0.25) is 0 Å². The van der Waals surface area contributed by atoms with Crippen LogP contribution in [0, 0.1) is 17.3 Å². The van der Waals surface area contributed by atoms with Crippen molar-refractivity contribution in [1.29, 1.82) is 0 Å². The fourth-order valence-electron chi connectivity index (χ4n) is 6.85. The molecule has 31 heavy (non-hydrogen) atoms. The Morgan fingerprint density at radius 1 is 0.839 bits per heavy atom. The first-order chi connectivity index (χ1) is 15.0. The number of amides is 2. The minimum absolute atomic E-state index is 0.00427. The fourth-order valence-corrected chi connectivity index (χ4v) is 9.42. The second-order valence-electron chi connectivity index (χ2n) is 9.99. The average molecular weight is 435 g/mol. The molecular weight excluding hydrogens is 403 g/mol. The predicted octanol–water partition coefficient (Wildman–Crippen LogP) is 5.91. The zero-order valence-electron chi connectivity index (χ0n) is 18.1. The van der Waals surface area contributed by atoms with Gasteiger partial charge in [-0.2, -0.15) is 0 Å². The van der Waals surface area contributed by atoms with Crippen LogP contribution >= 0.6 is 8.22 Å². The van der Waals surface area contributed by atoms with Crippen molar-refractivity contribution in [3.8, 4) is 0 Å². The molecule has 0 spiro atoms. The van der Waals surface area contributed by atoms with E-state index in [-0.39, 0.29) is 17.0 Å². The molecule has 162 valence electrons. The van der Waals surface area contributed by atoms with Crippen LogP contribution in [0.15, 0.2) is 60.7 Å². The predicted molar refractivity (Wildman–Crippen MR) is 125 cm³/mol.